The molecule has 0 aromatic heterocycles. The number of carbonyl (C=O) groups excluding carboxylic acids is 3. The Morgan fingerprint density at radius 3 is 1.90 bits per heavy atom. The molecule has 0 radical (unpaired) electrons. The van der Waals surface area contributed by atoms with E-state index >= 15 is 0 Å². The molecule has 206 valence electrons. The third-order valence-electron chi connectivity index (χ3n) is 6.46. The van der Waals surface area contributed by atoms with Gasteiger partial charge in [0.05, 0.1) is 6.04 Å². The third kappa shape index (κ3) is 10.0. The Bertz CT molecular complexity index is 1180. The van der Waals surface area contributed by atoms with Gasteiger partial charge in [0.15, 0.2) is 0 Å². The van der Waals surface area contributed by atoms with E-state index in [-0.39, 0.29) is 18.6 Å². The van der Waals surface area contributed by atoms with Gasteiger partial charge in [-0.2, -0.15) is 0 Å². The first-order valence-electron chi connectivity index (χ1n) is 13.6. The third-order valence-corrected chi connectivity index (χ3v) is 6.46. The van der Waals surface area contributed by atoms with Crippen LogP contribution >= 0.6 is 0 Å². The fourth-order valence-electron chi connectivity index (χ4n) is 4.36. The fraction of sp³-hybridized carbons (Fsp3) is 0.344. The van der Waals surface area contributed by atoms with Gasteiger partial charge in [0.2, 0.25) is 5.78 Å². The summed E-state index contributed by atoms with van der Waals surface area (Å²) in [5.74, 6) is -0.774. The molecule has 1 unspecified atom stereocenters. The maximum Gasteiger partial charge on any atom is 0.315 e. The van der Waals surface area contributed by atoms with Crippen LogP contribution in [0.4, 0.5) is 4.79 Å². The highest BCUT2D eigenvalue weighted by Gasteiger charge is 2.25. The molecule has 0 fully saturated rings. The smallest absolute Gasteiger partial charge is 0.315 e. The first-order chi connectivity index (χ1) is 18.9. The van der Waals surface area contributed by atoms with Gasteiger partial charge in [-0.1, -0.05) is 106 Å². The van der Waals surface area contributed by atoms with Gasteiger partial charge in [0.1, 0.15) is 0 Å². The van der Waals surface area contributed by atoms with Crippen molar-refractivity contribution in [2.45, 2.75) is 58.8 Å². The average molecular weight is 529 g/mol. The normalized spacial score (nSPS) is 12.4. The van der Waals surface area contributed by atoms with Crippen LogP contribution in [0.2, 0.25) is 0 Å². The number of nitrogens with one attached hydrogen (secondary N) is 4. The molecule has 0 bridgehead atoms. The number of hydrogen-bond acceptors (Lipinski definition) is 4. The molecule has 0 saturated carbocycles. The zero-order chi connectivity index (χ0) is 28.0. The topological polar surface area (TPSA) is 99.3 Å². The Morgan fingerprint density at radius 2 is 1.28 bits per heavy atom. The summed E-state index contributed by atoms with van der Waals surface area (Å²) in [5.41, 5.74) is 4.15. The Labute approximate surface area is 231 Å². The number of urea groups is 1. The SMILES string of the molecule is CCC(NC[C@H](CC(C)C)NC(=O)NCc1ccccc1)C(=O)C(=O)NCc1ccc(-c2ccccc2)cc1. The number of Topliss-reactive ketones (excluding diaryl/α,β-unsaturated/α-hetero) is 1. The summed E-state index contributed by atoms with van der Waals surface area (Å²) < 4.78 is 0. The molecule has 3 aromatic carbocycles. The molecule has 0 aliphatic heterocycles. The molecular formula is C32H40N4O3. The summed E-state index contributed by atoms with van der Waals surface area (Å²) in [7, 11) is 0. The summed E-state index contributed by atoms with van der Waals surface area (Å²) in [5, 5.41) is 11.8. The van der Waals surface area contributed by atoms with Gasteiger partial charge in [0.25, 0.3) is 5.91 Å². The van der Waals surface area contributed by atoms with Gasteiger partial charge >= 0.3 is 6.03 Å². The van der Waals surface area contributed by atoms with E-state index < -0.39 is 17.7 Å². The van der Waals surface area contributed by atoms with Gasteiger partial charge in [-0.3, -0.25) is 9.59 Å². The van der Waals surface area contributed by atoms with Gasteiger partial charge in [-0.25, -0.2) is 4.79 Å². The minimum absolute atomic E-state index is 0.186. The van der Waals surface area contributed by atoms with Crippen LogP contribution < -0.4 is 21.3 Å². The second-order valence-electron chi connectivity index (χ2n) is 10.1. The number of benzene rings is 3. The lowest BCUT2D eigenvalue weighted by Crippen LogP contribution is -2.51. The van der Waals surface area contributed by atoms with Crippen LogP contribution in [-0.2, 0) is 22.7 Å². The van der Waals surface area contributed by atoms with Crippen molar-refractivity contribution in [3.05, 3.63) is 96.1 Å². The number of carbonyl (C=O) groups is 3. The zero-order valence-corrected chi connectivity index (χ0v) is 23.1. The minimum Gasteiger partial charge on any atom is -0.345 e. The van der Waals surface area contributed by atoms with Crippen molar-refractivity contribution < 1.29 is 14.4 Å². The Balaban J connectivity index is 1.48. The summed E-state index contributed by atoms with van der Waals surface area (Å²) in [6.45, 7) is 7.12. The Morgan fingerprint density at radius 1 is 0.718 bits per heavy atom. The monoisotopic (exact) mass is 528 g/mol. The van der Waals surface area contributed by atoms with Gasteiger partial charge in [-0.05, 0) is 41.0 Å². The van der Waals surface area contributed by atoms with E-state index in [1.54, 1.807) is 0 Å². The molecule has 0 spiro atoms. The van der Waals surface area contributed by atoms with Crippen molar-refractivity contribution >= 4 is 17.7 Å². The molecule has 7 heteroatoms. The van der Waals surface area contributed by atoms with Crippen LogP contribution in [0.15, 0.2) is 84.9 Å². The molecule has 4 N–H and O–H groups in total. The highest BCUT2D eigenvalue weighted by Crippen LogP contribution is 2.19. The van der Waals surface area contributed by atoms with Crippen LogP contribution in [0.1, 0.15) is 44.7 Å². The lowest BCUT2D eigenvalue weighted by Gasteiger charge is -2.24. The van der Waals surface area contributed by atoms with Crippen molar-refractivity contribution in [3.8, 4) is 11.1 Å². The lowest BCUT2D eigenvalue weighted by molar-refractivity contribution is -0.139. The molecule has 0 saturated heterocycles. The molecule has 0 aliphatic carbocycles. The quantitative estimate of drug-likeness (QED) is 0.226. The standard InChI is InChI=1S/C32H40N4O3/c1-4-29(33-22-28(19-23(2)3)36-32(39)35-21-24-11-7-5-8-12-24)30(37)31(38)34-20-25-15-17-27(18-16-25)26-13-9-6-10-14-26/h5-18,23,28-29,33H,4,19-22H2,1-3H3,(H,34,38)(H2,35,36,39)/t28-,29?/m0/s1. The molecule has 2 atom stereocenters. The predicted octanol–water partition coefficient (Wildman–Crippen LogP) is 4.82. The van der Waals surface area contributed by atoms with Crippen LogP contribution in [0.3, 0.4) is 0 Å². The molecule has 0 heterocycles. The summed E-state index contributed by atoms with van der Waals surface area (Å²) >= 11 is 0. The lowest BCUT2D eigenvalue weighted by atomic mass is 10.0. The van der Waals surface area contributed by atoms with Crippen LogP contribution in [0.5, 0.6) is 0 Å². The zero-order valence-electron chi connectivity index (χ0n) is 23.1. The maximum absolute atomic E-state index is 12.9. The van der Waals surface area contributed by atoms with E-state index in [9.17, 15) is 14.4 Å². The van der Waals surface area contributed by atoms with Crippen molar-refractivity contribution in [1.29, 1.82) is 0 Å². The average Bonchev–Trinajstić information content (AvgIpc) is 2.96. The van der Waals surface area contributed by atoms with E-state index in [1.807, 2.05) is 91.9 Å². The van der Waals surface area contributed by atoms with Gasteiger partial charge in [0, 0.05) is 25.7 Å². The second kappa shape index (κ2) is 15.4. The minimum atomic E-state index is -0.630. The van der Waals surface area contributed by atoms with Crippen LogP contribution in [-0.4, -0.2) is 36.3 Å². The first-order valence-corrected chi connectivity index (χ1v) is 13.6. The second-order valence-corrected chi connectivity index (χ2v) is 10.1. The van der Waals surface area contributed by atoms with Crippen molar-refractivity contribution in [2.24, 2.45) is 5.92 Å². The van der Waals surface area contributed by atoms with Crippen molar-refractivity contribution in [1.82, 2.24) is 21.3 Å². The molecular weight excluding hydrogens is 488 g/mol. The molecule has 7 nitrogen and oxygen atoms in total. The van der Waals surface area contributed by atoms with Crippen molar-refractivity contribution in [2.75, 3.05) is 6.54 Å². The Hall–Kier alpha value is -3.97. The number of amides is 3. The van der Waals surface area contributed by atoms with E-state index in [1.165, 1.54) is 0 Å². The van der Waals surface area contributed by atoms with E-state index in [0.717, 1.165) is 28.7 Å². The first kappa shape index (κ1) is 29.6. The molecule has 0 aliphatic rings. The Kier molecular flexibility index (Phi) is 11.7. The highest BCUT2D eigenvalue weighted by atomic mass is 16.2. The molecule has 3 amide bonds. The number of rotatable bonds is 14. The number of ketones is 1. The highest BCUT2D eigenvalue weighted by molar-refractivity contribution is 6.38. The van der Waals surface area contributed by atoms with E-state index in [0.29, 0.717) is 25.4 Å². The summed E-state index contributed by atoms with van der Waals surface area (Å²) in [4.78, 5) is 38.0. The van der Waals surface area contributed by atoms with E-state index in [4.69, 9.17) is 0 Å². The van der Waals surface area contributed by atoms with Gasteiger partial charge < -0.3 is 21.3 Å². The summed E-state index contributed by atoms with van der Waals surface area (Å²) in [6, 6.07) is 26.6. The van der Waals surface area contributed by atoms with Crippen LogP contribution in [0, 0.1) is 5.92 Å². The largest absolute Gasteiger partial charge is 0.345 e. The van der Waals surface area contributed by atoms with Gasteiger partial charge in [-0.15, -0.1) is 0 Å². The molecule has 39 heavy (non-hydrogen) atoms. The van der Waals surface area contributed by atoms with Crippen molar-refractivity contribution in [3.63, 3.8) is 0 Å². The van der Waals surface area contributed by atoms with E-state index in [2.05, 4.69) is 35.1 Å². The molecule has 3 aromatic rings. The summed E-state index contributed by atoms with van der Waals surface area (Å²) in [6.07, 6.45) is 1.20. The fourth-order valence-corrected chi connectivity index (χ4v) is 4.36. The maximum atomic E-state index is 12.9. The predicted molar refractivity (Wildman–Crippen MR) is 156 cm³/mol. The molecule has 3 rings (SSSR count). The van der Waals surface area contributed by atoms with Crippen LogP contribution in [0.25, 0.3) is 11.1 Å². The number of hydrogen-bond donors (Lipinski definition) is 4.